The lowest BCUT2D eigenvalue weighted by Gasteiger charge is -2.37. The van der Waals surface area contributed by atoms with Crippen LogP contribution < -0.4 is 10.1 Å². The van der Waals surface area contributed by atoms with E-state index in [0.717, 1.165) is 0 Å². The van der Waals surface area contributed by atoms with Crippen LogP contribution in [0.4, 0.5) is 4.79 Å². The number of alkyl carbamates (subject to hydrolysis) is 1. The lowest BCUT2D eigenvalue weighted by molar-refractivity contribution is -0.0770. The van der Waals surface area contributed by atoms with Crippen molar-refractivity contribution in [1.29, 1.82) is 0 Å². The van der Waals surface area contributed by atoms with Crippen molar-refractivity contribution in [1.82, 2.24) is 20.1 Å². The van der Waals surface area contributed by atoms with E-state index >= 15 is 0 Å². The highest BCUT2D eigenvalue weighted by molar-refractivity contribution is 9.09. The van der Waals surface area contributed by atoms with Crippen molar-refractivity contribution in [2.45, 2.75) is 26.2 Å². The van der Waals surface area contributed by atoms with Gasteiger partial charge in [0.2, 0.25) is 6.23 Å². The lowest BCUT2D eigenvalue weighted by atomic mass is 9.87. The van der Waals surface area contributed by atoms with Crippen LogP contribution in [-0.2, 0) is 4.74 Å². The Morgan fingerprint density at radius 1 is 1.42 bits per heavy atom. The SMILES string of the molecule is CNC(=O)OC(C(Oc1ccc(Cl)cc1Cl)n1cncn1)C(C)(C)CBr. The Bertz CT molecular complexity index is 743. The number of carbonyl (C=O) groups excluding carboxylic acids is 1. The van der Waals surface area contributed by atoms with Crippen molar-refractivity contribution in [2.75, 3.05) is 12.4 Å². The first kappa shape index (κ1) is 20.8. The number of aromatic nitrogens is 3. The van der Waals surface area contributed by atoms with Crippen molar-refractivity contribution in [3.63, 3.8) is 0 Å². The molecule has 10 heteroatoms. The molecule has 0 aliphatic heterocycles. The van der Waals surface area contributed by atoms with Gasteiger partial charge in [0.05, 0.1) is 5.02 Å². The topological polar surface area (TPSA) is 78.3 Å². The molecule has 1 aromatic heterocycles. The highest BCUT2D eigenvalue weighted by atomic mass is 79.9. The predicted molar refractivity (Wildman–Crippen MR) is 103 cm³/mol. The van der Waals surface area contributed by atoms with Crippen LogP contribution in [0.25, 0.3) is 0 Å². The second-order valence-corrected chi connectivity index (χ2v) is 7.56. The molecule has 2 rings (SSSR count). The zero-order valence-corrected chi connectivity index (χ0v) is 17.5. The maximum Gasteiger partial charge on any atom is 0.407 e. The first-order chi connectivity index (χ1) is 12.3. The monoisotopic (exact) mass is 464 g/mol. The highest BCUT2D eigenvalue weighted by Crippen LogP contribution is 2.37. The molecule has 142 valence electrons. The summed E-state index contributed by atoms with van der Waals surface area (Å²) in [6, 6.07) is 4.87. The van der Waals surface area contributed by atoms with E-state index < -0.39 is 23.8 Å². The molecule has 1 amide bonds. The number of rotatable bonds is 7. The van der Waals surface area contributed by atoms with Crippen LogP contribution in [0, 0.1) is 5.41 Å². The third kappa shape index (κ3) is 5.02. The highest BCUT2D eigenvalue weighted by Gasteiger charge is 2.41. The Morgan fingerprint density at radius 2 is 2.15 bits per heavy atom. The Hall–Kier alpha value is -1.51. The number of hydrogen-bond donors (Lipinski definition) is 1. The smallest absolute Gasteiger partial charge is 0.407 e. The van der Waals surface area contributed by atoms with Gasteiger partial charge >= 0.3 is 6.09 Å². The average Bonchev–Trinajstić information content (AvgIpc) is 3.13. The summed E-state index contributed by atoms with van der Waals surface area (Å²) in [5.41, 5.74) is -0.498. The third-order valence-corrected chi connectivity index (χ3v) is 5.63. The molecule has 2 atom stereocenters. The van der Waals surface area contributed by atoms with E-state index in [-0.39, 0.29) is 0 Å². The van der Waals surface area contributed by atoms with Crippen LogP contribution >= 0.6 is 39.1 Å². The fourth-order valence-electron chi connectivity index (χ4n) is 2.16. The van der Waals surface area contributed by atoms with Gasteiger partial charge in [-0.3, -0.25) is 0 Å². The van der Waals surface area contributed by atoms with Gasteiger partial charge in [-0.15, -0.1) is 0 Å². The van der Waals surface area contributed by atoms with Crippen molar-refractivity contribution >= 4 is 45.2 Å². The number of nitrogens with zero attached hydrogens (tertiary/aromatic N) is 3. The van der Waals surface area contributed by atoms with Crippen molar-refractivity contribution in [3.8, 4) is 5.75 Å². The van der Waals surface area contributed by atoms with Crippen LogP contribution in [0.1, 0.15) is 20.1 Å². The Morgan fingerprint density at radius 3 is 2.69 bits per heavy atom. The first-order valence-electron chi connectivity index (χ1n) is 7.68. The fourth-order valence-corrected chi connectivity index (χ4v) is 2.93. The van der Waals surface area contributed by atoms with Gasteiger partial charge in [-0.05, 0) is 18.2 Å². The van der Waals surface area contributed by atoms with E-state index in [2.05, 4.69) is 31.3 Å². The summed E-state index contributed by atoms with van der Waals surface area (Å²) in [4.78, 5) is 15.9. The van der Waals surface area contributed by atoms with Gasteiger partial charge in [-0.25, -0.2) is 14.5 Å². The zero-order chi connectivity index (χ0) is 19.3. The summed E-state index contributed by atoms with van der Waals surface area (Å²) in [6.07, 6.45) is 0.757. The summed E-state index contributed by atoms with van der Waals surface area (Å²) in [5, 5.41) is 7.96. The maximum atomic E-state index is 11.9. The molecule has 0 bridgehead atoms. The molecule has 0 aliphatic rings. The van der Waals surface area contributed by atoms with E-state index in [9.17, 15) is 4.79 Å². The molecule has 0 radical (unpaired) electrons. The molecule has 2 unspecified atom stereocenters. The first-order valence-corrected chi connectivity index (χ1v) is 9.56. The zero-order valence-electron chi connectivity index (χ0n) is 14.4. The largest absolute Gasteiger partial charge is 0.463 e. The number of ether oxygens (including phenoxy) is 2. The van der Waals surface area contributed by atoms with Crippen LogP contribution in [0.5, 0.6) is 5.75 Å². The molecule has 1 aromatic carbocycles. The molecule has 1 N–H and O–H groups in total. The maximum absolute atomic E-state index is 11.9. The standard InChI is InChI=1S/C16H19BrCl2N4O3/c1-16(2,7-17)13(26-15(24)20-3)14(23-9-21-8-22-23)25-12-5-4-10(18)6-11(12)19/h4-6,8-9,13-14H,7H2,1-3H3,(H,20,24). The summed E-state index contributed by atoms with van der Waals surface area (Å²) in [6.45, 7) is 3.87. The minimum Gasteiger partial charge on any atom is -0.463 e. The summed E-state index contributed by atoms with van der Waals surface area (Å²) >= 11 is 15.7. The van der Waals surface area contributed by atoms with Crippen LogP contribution in [0.2, 0.25) is 10.0 Å². The van der Waals surface area contributed by atoms with Crippen molar-refractivity contribution in [3.05, 3.63) is 40.9 Å². The molecule has 0 spiro atoms. The van der Waals surface area contributed by atoms with Crippen LogP contribution in [-0.4, -0.2) is 39.3 Å². The molecule has 0 saturated carbocycles. The number of benzene rings is 1. The van der Waals surface area contributed by atoms with Gasteiger partial charge in [0, 0.05) is 22.8 Å². The summed E-state index contributed by atoms with van der Waals surface area (Å²) in [5.74, 6) is 0.382. The molecule has 0 fully saturated rings. The Kier molecular flexibility index (Phi) is 7.14. The van der Waals surface area contributed by atoms with E-state index in [1.807, 2.05) is 13.8 Å². The summed E-state index contributed by atoms with van der Waals surface area (Å²) < 4.78 is 13.2. The minimum atomic E-state index is -0.805. The molecule has 0 aliphatic carbocycles. The van der Waals surface area contributed by atoms with Gasteiger partial charge in [0.25, 0.3) is 0 Å². The molecule has 0 saturated heterocycles. The number of alkyl halides is 1. The van der Waals surface area contributed by atoms with Crippen molar-refractivity contribution in [2.24, 2.45) is 5.41 Å². The van der Waals surface area contributed by atoms with Gasteiger partial charge in [0.1, 0.15) is 18.4 Å². The van der Waals surface area contributed by atoms with Gasteiger partial charge in [-0.2, -0.15) is 5.10 Å². The second-order valence-electron chi connectivity index (χ2n) is 6.16. The van der Waals surface area contributed by atoms with E-state index in [0.29, 0.717) is 21.1 Å². The molecular weight excluding hydrogens is 447 g/mol. The van der Waals surface area contributed by atoms with E-state index in [1.165, 1.54) is 24.4 Å². The fraction of sp³-hybridized carbons (Fsp3) is 0.438. The quantitative estimate of drug-likeness (QED) is 0.616. The second kappa shape index (κ2) is 8.92. The number of nitrogens with one attached hydrogen (secondary N) is 1. The lowest BCUT2D eigenvalue weighted by Crippen LogP contribution is -2.46. The van der Waals surface area contributed by atoms with Gasteiger partial charge < -0.3 is 14.8 Å². The van der Waals surface area contributed by atoms with Crippen molar-refractivity contribution < 1.29 is 14.3 Å². The molecule has 7 nitrogen and oxygen atoms in total. The Balaban J connectivity index is 2.45. The number of amides is 1. The predicted octanol–water partition coefficient (Wildman–Crippen LogP) is 4.31. The van der Waals surface area contributed by atoms with Crippen LogP contribution in [0.3, 0.4) is 0 Å². The van der Waals surface area contributed by atoms with E-state index in [1.54, 1.807) is 18.2 Å². The third-order valence-electron chi connectivity index (χ3n) is 3.65. The molecule has 1 heterocycles. The number of halogens is 3. The Labute approximate surface area is 170 Å². The van der Waals surface area contributed by atoms with E-state index in [4.69, 9.17) is 32.7 Å². The van der Waals surface area contributed by atoms with Gasteiger partial charge in [0.15, 0.2) is 6.10 Å². The molecule has 2 aromatic rings. The molecule has 26 heavy (non-hydrogen) atoms. The normalized spacial score (nSPS) is 13.8. The minimum absolute atomic E-state index is 0.331. The van der Waals surface area contributed by atoms with Gasteiger partial charge in [-0.1, -0.05) is 53.0 Å². The summed E-state index contributed by atoms with van der Waals surface area (Å²) in [7, 11) is 1.49. The number of hydrogen-bond acceptors (Lipinski definition) is 5. The number of carbonyl (C=O) groups is 1. The molecular formula is C16H19BrCl2N4O3. The average molecular weight is 466 g/mol. The van der Waals surface area contributed by atoms with Crippen LogP contribution in [0.15, 0.2) is 30.9 Å².